The van der Waals surface area contributed by atoms with Crippen molar-refractivity contribution < 1.29 is 24.5 Å². The van der Waals surface area contributed by atoms with E-state index in [-0.39, 0.29) is 18.5 Å². The molecule has 0 saturated heterocycles. The molecule has 0 rings (SSSR count). The molecule has 0 aliphatic heterocycles. The SMILES string of the molecule is CCCCCCCCC/C=C\CCCCCCCC(=O)OCCCCCC/C=C\CCCCCCCCCC(=O)NC(CO)C(O)CCCCCCCCCCCCCCCCCCCCC. The zero-order chi connectivity index (χ0) is 48.6. The van der Waals surface area contributed by atoms with Gasteiger partial charge >= 0.3 is 5.97 Å². The minimum absolute atomic E-state index is 0.0168. The molecule has 0 aromatic carbocycles. The third kappa shape index (κ3) is 53.5. The molecule has 2 unspecified atom stereocenters. The fraction of sp³-hybridized carbons (Fsp3) is 0.902. The molecule has 1 amide bonds. The van der Waals surface area contributed by atoms with Crippen molar-refractivity contribution in [2.75, 3.05) is 13.2 Å². The van der Waals surface area contributed by atoms with Crippen LogP contribution in [0.2, 0.25) is 0 Å². The second-order valence-electron chi connectivity index (χ2n) is 20.7. The summed E-state index contributed by atoms with van der Waals surface area (Å²) in [5.41, 5.74) is 0. The van der Waals surface area contributed by atoms with E-state index in [0.717, 1.165) is 70.6 Å². The van der Waals surface area contributed by atoms with Crippen molar-refractivity contribution in [3.8, 4) is 0 Å². The number of allylic oxidation sites excluding steroid dienone is 4. The number of ether oxygens (including phenoxy) is 1. The Morgan fingerprint density at radius 2 is 0.701 bits per heavy atom. The number of rotatable bonds is 56. The summed E-state index contributed by atoms with van der Waals surface area (Å²) >= 11 is 0. The Hall–Kier alpha value is -1.66. The fourth-order valence-electron chi connectivity index (χ4n) is 9.34. The number of unbranched alkanes of at least 4 members (excludes halogenated alkanes) is 41. The van der Waals surface area contributed by atoms with Crippen LogP contribution in [0, 0.1) is 0 Å². The summed E-state index contributed by atoms with van der Waals surface area (Å²) in [5.74, 6) is -0.0647. The van der Waals surface area contributed by atoms with E-state index in [1.54, 1.807) is 0 Å². The van der Waals surface area contributed by atoms with Crippen molar-refractivity contribution >= 4 is 11.9 Å². The number of amides is 1. The molecular weight excluding hydrogens is 827 g/mol. The summed E-state index contributed by atoms with van der Waals surface area (Å²) < 4.78 is 5.46. The Morgan fingerprint density at radius 3 is 1.06 bits per heavy atom. The minimum atomic E-state index is -0.675. The van der Waals surface area contributed by atoms with Gasteiger partial charge in [0.05, 0.1) is 25.4 Å². The fourth-order valence-corrected chi connectivity index (χ4v) is 9.34. The first-order chi connectivity index (χ1) is 33.0. The van der Waals surface area contributed by atoms with Crippen LogP contribution in [-0.2, 0) is 14.3 Å². The van der Waals surface area contributed by atoms with E-state index in [1.807, 2.05) is 0 Å². The smallest absolute Gasteiger partial charge is 0.305 e. The third-order valence-corrected chi connectivity index (χ3v) is 14.0. The number of hydrogen-bond donors (Lipinski definition) is 3. The van der Waals surface area contributed by atoms with Crippen LogP contribution in [0.25, 0.3) is 0 Å². The van der Waals surface area contributed by atoms with Crippen LogP contribution in [-0.4, -0.2) is 47.4 Å². The van der Waals surface area contributed by atoms with Crippen molar-refractivity contribution in [2.45, 2.75) is 341 Å². The minimum Gasteiger partial charge on any atom is -0.466 e. The van der Waals surface area contributed by atoms with Gasteiger partial charge < -0.3 is 20.3 Å². The van der Waals surface area contributed by atoms with Crippen molar-refractivity contribution in [1.29, 1.82) is 0 Å². The van der Waals surface area contributed by atoms with Crippen LogP contribution in [0.4, 0.5) is 0 Å². The maximum Gasteiger partial charge on any atom is 0.305 e. The number of carbonyl (C=O) groups is 2. The van der Waals surface area contributed by atoms with Crippen molar-refractivity contribution in [3.63, 3.8) is 0 Å². The number of hydrogen-bond acceptors (Lipinski definition) is 5. The Morgan fingerprint density at radius 1 is 0.403 bits per heavy atom. The van der Waals surface area contributed by atoms with Gasteiger partial charge in [0.25, 0.3) is 0 Å². The van der Waals surface area contributed by atoms with Crippen LogP contribution in [0.3, 0.4) is 0 Å². The lowest BCUT2D eigenvalue weighted by Crippen LogP contribution is -2.45. The lowest BCUT2D eigenvalue weighted by atomic mass is 10.0. The summed E-state index contributed by atoms with van der Waals surface area (Å²) in [4.78, 5) is 24.6. The summed E-state index contributed by atoms with van der Waals surface area (Å²) in [6, 6.07) is -0.554. The molecule has 67 heavy (non-hydrogen) atoms. The summed E-state index contributed by atoms with van der Waals surface area (Å²) in [7, 11) is 0. The van der Waals surface area contributed by atoms with E-state index >= 15 is 0 Å². The molecule has 0 bridgehead atoms. The van der Waals surface area contributed by atoms with Crippen molar-refractivity contribution in [2.24, 2.45) is 0 Å². The summed E-state index contributed by atoms with van der Waals surface area (Å²) in [5, 5.41) is 23.3. The van der Waals surface area contributed by atoms with Gasteiger partial charge in [-0.2, -0.15) is 0 Å². The number of nitrogens with one attached hydrogen (secondary N) is 1. The van der Waals surface area contributed by atoms with Crippen LogP contribution in [0.1, 0.15) is 328 Å². The highest BCUT2D eigenvalue weighted by molar-refractivity contribution is 5.76. The van der Waals surface area contributed by atoms with Crippen LogP contribution in [0.15, 0.2) is 24.3 Å². The molecule has 2 atom stereocenters. The molecular formula is C61H117NO5. The zero-order valence-corrected chi connectivity index (χ0v) is 45.1. The molecule has 0 aromatic rings. The highest BCUT2D eigenvalue weighted by Crippen LogP contribution is 2.17. The summed E-state index contributed by atoms with van der Waals surface area (Å²) in [6.45, 7) is 4.93. The molecule has 0 fully saturated rings. The van der Waals surface area contributed by atoms with E-state index in [2.05, 4.69) is 43.5 Å². The molecule has 0 saturated carbocycles. The lowest BCUT2D eigenvalue weighted by Gasteiger charge is -2.22. The molecule has 0 radical (unpaired) electrons. The largest absolute Gasteiger partial charge is 0.466 e. The Kier molecular flexibility index (Phi) is 55.5. The molecule has 6 heteroatoms. The zero-order valence-electron chi connectivity index (χ0n) is 45.1. The van der Waals surface area contributed by atoms with E-state index in [1.165, 1.54) is 225 Å². The Labute approximate surface area is 418 Å². The highest BCUT2D eigenvalue weighted by atomic mass is 16.5. The normalized spacial score (nSPS) is 12.7. The van der Waals surface area contributed by atoms with Gasteiger partial charge in [0.15, 0.2) is 0 Å². The average Bonchev–Trinajstić information content (AvgIpc) is 3.33. The maximum absolute atomic E-state index is 12.5. The van der Waals surface area contributed by atoms with Gasteiger partial charge in [-0.25, -0.2) is 0 Å². The topological polar surface area (TPSA) is 95.9 Å². The lowest BCUT2D eigenvalue weighted by molar-refractivity contribution is -0.143. The number of carbonyl (C=O) groups excluding carboxylic acids is 2. The van der Waals surface area contributed by atoms with Gasteiger partial charge in [-0.15, -0.1) is 0 Å². The molecule has 0 aliphatic carbocycles. The molecule has 3 N–H and O–H groups in total. The predicted octanol–water partition coefficient (Wildman–Crippen LogP) is 18.6. The van der Waals surface area contributed by atoms with Gasteiger partial charge in [0.2, 0.25) is 5.91 Å². The Balaban J connectivity index is 3.47. The second-order valence-corrected chi connectivity index (χ2v) is 20.7. The maximum atomic E-state index is 12.5. The average molecular weight is 945 g/mol. The van der Waals surface area contributed by atoms with E-state index < -0.39 is 12.1 Å². The number of aliphatic hydroxyl groups is 2. The second kappa shape index (κ2) is 56.9. The van der Waals surface area contributed by atoms with Crippen molar-refractivity contribution in [3.05, 3.63) is 24.3 Å². The van der Waals surface area contributed by atoms with Gasteiger partial charge in [-0.1, -0.05) is 263 Å². The first kappa shape index (κ1) is 65.3. The first-order valence-electron chi connectivity index (χ1n) is 30.1. The molecule has 0 heterocycles. The number of esters is 1. The third-order valence-electron chi connectivity index (χ3n) is 14.0. The molecule has 0 aliphatic rings. The monoisotopic (exact) mass is 944 g/mol. The number of aliphatic hydroxyl groups excluding tert-OH is 2. The van der Waals surface area contributed by atoms with Crippen LogP contribution >= 0.6 is 0 Å². The summed E-state index contributed by atoms with van der Waals surface area (Å²) in [6.07, 6.45) is 68.8. The van der Waals surface area contributed by atoms with E-state index in [0.29, 0.717) is 25.9 Å². The molecule has 0 spiro atoms. The Bertz CT molecular complexity index is 1040. The van der Waals surface area contributed by atoms with Crippen LogP contribution in [0.5, 0.6) is 0 Å². The molecule has 396 valence electrons. The quantitative estimate of drug-likeness (QED) is 0.0321. The molecule has 6 nitrogen and oxygen atoms in total. The van der Waals surface area contributed by atoms with Gasteiger partial charge in [0.1, 0.15) is 0 Å². The standard InChI is InChI=1S/C61H117NO5/c1-3-5-7-9-11-13-15-17-19-21-22-23-25-29-33-37-41-45-49-53-59(64)58(57-63)62-60(65)54-50-46-42-38-34-30-26-24-28-32-36-40-44-48-52-56-67-61(66)55-51-47-43-39-35-31-27-20-18-16-14-12-10-8-6-4-2/h20,27-28,32,58-59,63-64H,3-19,21-26,29-31,33-57H2,1-2H3,(H,62,65)/b27-20-,32-28-. The van der Waals surface area contributed by atoms with Gasteiger partial charge in [-0.05, 0) is 77.0 Å². The van der Waals surface area contributed by atoms with E-state index in [9.17, 15) is 19.8 Å². The predicted molar refractivity (Wildman–Crippen MR) is 292 cm³/mol. The van der Waals surface area contributed by atoms with Gasteiger partial charge in [-0.3, -0.25) is 9.59 Å². The van der Waals surface area contributed by atoms with Gasteiger partial charge in [0, 0.05) is 12.8 Å². The molecule has 0 aromatic heterocycles. The highest BCUT2D eigenvalue weighted by Gasteiger charge is 2.20. The van der Waals surface area contributed by atoms with Crippen LogP contribution < -0.4 is 5.32 Å². The van der Waals surface area contributed by atoms with Crippen molar-refractivity contribution in [1.82, 2.24) is 5.32 Å². The van der Waals surface area contributed by atoms with E-state index in [4.69, 9.17) is 4.74 Å². The first-order valence-corrected chi connectivity index (χ1v) is 30.1.